The third-order valence-corrected chi connectivity index (χ3v) is 3.50. The van der Waals surface area contributed by atoms with E-state index in [4.69, 9.17) is 10.5 Å². The fourth-order valence-corrected chi connectivity index (χ4v) is 2.35. The van der Waals surface area contributed by atoms with Gasteiger partial charge in [0.15, 0.2) is 5.82 Å². The zero-order valence-corrected chi connectivity index (χ0v) is 12.7. The number of hydrogen-bond donors (Lipinski definition) is 3. The largest absolute Gasteiger partial charge is 0.364 e. The molecule has 0 radical (unpaired) electrons. The third kappa shape index (κ3) is 3.62. The Bertz CT molecular complexity index is 602. The highest BCUT2D eigenvalue weighted by Crippen LogP contribution is 2.21. The summed E-state index contributed by atoms with van der Waals surface area (Å²) >= 11 is 0. The number of benzene rings is 1. The van der Waals surface area contributed by atoms with Gasteiger partial charge in [-0.3, -0.25) is 9.89 Å². The first-order valence-corrected chi connectivity index (χ1v) is 6.88. The van der Waals surface area contributed by atoms with Crippen LogP contribution in [-0.4, -0.2) is 39.8 Å². The van der Waals surface area contributed by atoms with Gasteiger partial charge in [-0.1, -0.05) is 0 Å². The topological polar surface area (TPSA) is 106 Å². The number of amides is 1. The summed E-state index contributed by atoms with van der Waals surface area (Å²) in [6.45, 7) is 0.454. The van der Waals surface area contributed by atoms with Crippen molar-refractivity contribution in [2.75, 3.05) is 11.9 Å². The summed E-state index contributed by atoms with van der Waals surface area (Å²) in [5.41, 5.74) is 7.17. The van der Waals surface area contributed by atoms with Crippen LogP contribution in [0.5, 0.6) is 0 Å². The van der Waals surface area contributed by atoms with E-state index in [2.05, 4.69) is 20.5 Å². The first-order chi connectivity index (χ1) is 10.3. The van der Waals surface area contributed by atoms with Gasteiger partial charge < -0.3 is 15.8 Å². The molecule has 2 aromatic rings. The Morgan fingerprint density at radius 3 is 2.73 bits per heavy atom. The molecule has 1 aliphatic rings. The van der Waals surface area contributed by atoms with Gasteiger partial charge in [0.05, 0.1) is 6.10 Å². The zero-order valence-electron chi connectivity index (χ0n) is 11.9. The summed E-state index contributed by atoms with van der Waals surface area (Å²) < 4.78 is 5.57. The van der Waals surface area contributed by atoms with Crippen LogP contribution >= 0.6 is 12.4 Å². The summed E-state index contributed by atoms with van der Waals surface area (Å²) in [4.78, 5) is 16.2. The van der Waals surface area contributed by atoms with Crippen molar-refractivity contribution < 1.29 is 9.53 Å². The molecule has 118 valence electrons. The van der Waals surface area contributed by atoms with Crippen LogP contribution in [0.2, 0.25) is 0 Å². The van der Waals surface area contributed by atoms with Gasteiger partial charge in [0.25, 0.3) is 5.91 Å². The predicted molar refractivity (Wildman–Crippen MR) is 84.6 cm³/mol. The monoisotopic (exact) mass is 323 g/mol. The summed E-state index contributed by atoms with van der Waals surface area (Å²) in [5.74, 6) is 0.566. The van der Waals surface area contributed by atoms with Crippen LogP contribution in [0.15, 0.2) is 30.6 Å². The highest BCUT2D eigenvalue weighted by molar-refractivity contribution is 5.94. The summed E-state index contributed by atoms with van der Waals surface area (Å²) in [6.07, 6.45) is 2.58. The van der Waals surface area contributed by atoms with Gasteiger partial charge in [0.1, 0.15) is 12.4 Å². The van der Waals surface area contributed by atoms with E-state index in [1.54, 1.807) is 0 Å². The number of ether oxygens (including phenoxy) is 1. The lowest BCUT2D eigenvalue weighted by atomic mass is 10.1. The number of rotatable bonds is 4. The van der Waals surface area contributed by atoms with Crippen LogP contribution in [0.4, 0.5) is 5.69 Å². The Balaban J connectivity index is 0.00000176. The molecule has 1 amide bonds. The van der Waals surface area contributed by atoms with E-state index in [9.17, 15) is 4.79 Å². The number of H-pyrrole nitrogens is 1. The Morgan fingerprint density at radius 1 is 1.36 bits per heavy atom. The van der Waals surface area contributed by atoms with Crippen LogP contribution in [0.3, 0.4) is 0 Å². The standard InChI is InChI=1S/C14H17N5O2.ClH/c15-7-11-5-6-12(21-11)14(20)18-10-3-1-9(2-4-10)13-16-8-17-19-13;/h1-4,8,11-12H,5-7,15H2,(H,18,20)(H,16,17,19);1H/t11-,12+;/m1./s1. The second-order valence-corrected chi connectivity index (χ2v) is 4.96. The molecule has 4 N–H and O–H groups in total. The van der Waals surface area contributed by atoms with E-state index in [-0.39, 0.29) is 24.4 Å². The number of hydrogen-bond acceptors (Lipinski definition) is 5. The minimum atomic E-state index is -0.410. The summed E-state index contributed by atoms with van der Waals surface area (Å²) in [5, 5.41) is 9.44. The van der Waals surface area contributed by atoms with E-state index >= 15 is 0 Å². The highest BCUT2D eigenvalue weighted by Gasteiger charge is 2.29. The first-order valence-electron chi connectivity index (χ1n) is 6.88. The number of nitrogens with two attached hydrogens (primary N) is 1. The van der Waals surface area contributed by atoms with Gasteiger partial charge in [0.2, 0.25) is 0 Å². The maximum atomic E-state index is 12.1. The summed E-state index contributed by atoms with van der Waals surface area (Å²) in [7, 11) is 0. The number of aromatic amines is 1. The van der Waals surface area contributed by atoms with E-state index < -0.39 is 6.10 Å². The number of nitrogens with zero attached hydrogens (tertiary/aromatic N) is 2. The fourth-order valence-electron chi connectivity index (χ4n) is 2.35. The molecule has 1 fully saturated rings. The van der Waals surface area contributed by atoms with E-state index in [1.807, 2.05) is 24.3 Å². The lowest BCUT2D eigenvalue weighted by molar-refractivity contribution is -0.126. The molecule has 2 atom stereocenters. The van der Waals surface area contributed by atoms with Gasteiger partial charge >= 0.3 is 0 Å². The van der Waals surface area contributed by atoms with Gasteiger partial charge in [-0.2, -0.15) is 5.10 Å². The van der Waals surface area contributed by atoms with Gasteiger partial charge in [-0.15, -0.1) is 12.4 Å². The van der Waals surface area contributed by atoms with Crippen molar-refractivity contribution in [2.24, 2.45) is 5.73 Å². The Hall–Kier alpha value is -1.96. The molecule has 0 aliphatic carbocycles. The van der Waals surface area contributed by atoms with Crippen LogP contribution < -0.4 is 11.1 Å². The third-order valence-electron chi connectivity index (χ3n) is 3.50. The molecule has 3 rings (SSSR count). The molecular formula is C14H18ClN5O2. The zero-order chi connectivity index (χ0) is 14.7. The lowest BCUT2D eigenvalue weighted by Crippen LogP contribution is -2.29. The average molecular weight is 324 g/mol. The quantitative estimate of drug-likeness (QED) is 0.787. The Labute approximate surface area is 134 Å². The number of nitrogens with one attached hydrogen (secondary N) is 2. The molecule has 2 heterocycles. The minimum absolute atomic E-state index is 0. The molecule has 7 nitrogen and oxygen atoms in total. The number of halogens is 1. The smallest absolute Gasteiger partial charge is 0.253 e. The van der Waals surface area contributed by atoms with E-state index in [1.165, 1.54) is 6.33 Å². The molecule has 1 aromatic heterocycles. The van der Waals surface area contributed by atoms with Crippen LogP contribution in [0.25, 0.3) is 11.4 Å². The normalized spacial score (nSPS) is 20.4. The molecule has 0 bridgehead atoms. The molecule has 8 heteroatoms. The molecular weight excluding hydrogens is 306 g/mol. The first kappa shape index (κ1) is 16.4. The highest BCUT2D eigenvalue weighted by atomic mass is 35.5. The van der Waals surface area contributed by atoms with Crippen molar-refractivity contribution in [1.29, 1.82) is 0 Å². The van der Waals surface area contributed by atoms with Gasteiger partial charge in [0, 0.05) is 17.8 Å². The van der Waals surface area contributed by atoms with E-state index in [0.29, 0.717) is 18.8 Å². The molecule has 0 saturated carbocycles. The Morgan fingerprint density at radius 2 is 2.14 bits per heavy atom. The molecule has 22 heavy (non-hydrogen) atoms. The van der Waals surface area contributed by atoms with Crippen molar-refractivity contribution in [3.8, 4) is 11.4 Å². The molecule has 1 aliphatic heterocycles. The lowest BCUT2D eigenvalue weighted by Gasteiger charge is -2.12. The molecule has 0 spiro atoms. The van der Waals surface area contributed by atoms with Crippen LogP contribution in [-0.2, 0) is 9.53 Å². The predicted octanol–water partition coefficient (Wildman–Crippen LogP) is 1.34. The van der Waals surface area contributed by atoms with Crippen molar-refractivity contribution in [3.05, 3.63) is 30.6 Å². The van der Waals surface area contributed by atoms with Crippen molar-refractivity contribution in [2.45, 2.75) is 25.0 Å². The average Bonchev–Trinajstić information content (AvgIpc) is 3.19. The number of carbonyl (C=O) groups excluding carboxylic acids is 1. The van der Waals surface area contributed by atoms with E-state index in [0.717, 1.165) is 17.7 Å². The van der Waals surface area contributed by atoms with Gasteiger partial charge in [-0.25, -0.2) is 4.98 Å². The fraction of sp³-hybridized carbons (Fsp3) is 0.357. The second-order valence-electron chi connectivity index (χ2n) is 4.96. The number of anilines is 1. The number of aromatic nitrogens is 3. The SMILES string of the molecule is Cl.NC[C@H]1CC[C@@H](C(=O)Nc2ccc(-c3ncn[nH]3)cc2)O1. The van der Waals surface area contributed by atoms with Crippen LogP contribution in [0, 0.1) is 0 Å². The van der Waals surface area contributed by atoms with Crippen molar-refractivity contribution in [1.82, 2.24) is 15.2 Å². The van der Waals surface area contributed by atoms with Crippen molar-refractivity contribution in [3.63, 3.8) is 0 Å². The van der Waals surface area contributed by atoms with Crippen molar-refractivity contribution >= 4 is 24.0 Å². The Kier molecular flexibility index (Phi) is 5.48. The maximum absolute atomic E-state index is 12.1. The molecule has 1 saturated heterocycles. The molecule has 0 unspecified atom stereocenters. The van der Waals surface area contributed by atoms with Gasteiger partial charge in [-0.05, 0) is 37.1 Å². The second kappa shape index (κ2) is 7.35. The minimum Gasteiger partial charge on any atom is -0.364 e. The number of carbonyl (C=O) groups is 1. The molecule has 1 aromatic carbocycles. The maximum Gasteiger partial charge on any atom is 0.253 e. The van der Waals surface area contributed by atoms with Crippen LogP contribution in [0.1, 0.15) is 12.8 Å². The summed E-state index contributed by atoms with van der Waals surface area (Å²) in [6, 6.07) is 7.39.